The minimum absolute atomic E-state index is 0.0356. The zero-order valence-corrected chi connectivity index (χ0v) is 9.89. The molecule has 0 aliphatic heterocycles. The molecule has 0 aliphatic rings. The van der Waals surface area contributed by atoms with Crippen LogP contribution in [0.5, 0.6) is 0 Å². The molecule has 1 rings (SSSR count). The third-order valence-corrected chi connectivity index (χ3v) is 2.61. The SMILES string of the molecule is NCCC(O)C(O)c1cc(C=O)cc(C(F)(F)F)c1. The second kappa shape index (κ2) is 6.14. The van der Waals surface area contributed by atoms with E-state index in [4.69, 9.17) is 5.73 Å². The quantitative estimate of drug-likeness (QED) is 0.707. The van der Waals surface area contributed by atoms with E-state index in [1.54, 1.807) is 0 Å². The van der Waals surface area contributed by atoms with Crippen LogP contribution in [-0.2, 0) is 6.18 Å². The largest absolute Gasteiger partial charge is 0.416 e. The van der Waals surface area contributed by atoms with Gasteiger partial charge in [0, 0.05) is 5.56 Å². The predicted octanol–water partition coefficient (Wildman–Crippen LogP) is 1.26. The molecule has 1 aromatic rings. The molecule has 1 aromatic carbocycles. The number of carbonyl (C=O) groups is 1. The Labute approximate surface area is 107 Å². The first-order chi connectivity index (χ1) is 8.79. The van der Waals surface area contributed by atoms with Gasteiger partial charge in [-0.05, 0) is 36.7 Å². The van der Waals surface area contributed by atoms with Gasteiger partial charge in [0.05, 0.1) is 11.7 Å². The number of alkyl halides is 3. The molecule has 0 aliphatic carbocycles. The van der Waals surface area contributed by atoms with Crippen molar-refractivity contribution < 1.29 is 28.2 Å². The van der Waals surface area contributed by atoms with Gasteiger partial charge in [0.25, 0.3) is 0 Å². The van der Waals surface area contributed by atoms with Crippen LogP contribution < -0.4 is 5.73 Å². The van der Waals surface area contributed by atoms with Crippen molar-refractivity contribution in [2.75, 3.05) is 6.54 Å². The highest BCUT2D eigenvalue weighted by molar-refractivity contribution is 5.75. The third-order valence-electron chi connectivity index (χ3n) is 2.61. The summed E-state index contributed by atoms with van der Waals surface area (Å²) in [5, 5.41) is 19.3. The van der Waals surface area contributed by atoms with Crippen LogP contribution >= 0.6 is 0 Å². The number of aldehydes is 1. The number of aliphatic hydroxyl groups is 2. The molecule has 19 heavy (non-hydrogen) atoms. The summed E-state index contributed by atoms with van der Waals surface area (Å²) in [6.07, 6.45) is -7.15. The van der Waals surface area contributed by atoms with Crippen LogP contribution in [0.15, 0.2) is 18.2 Å². The highest BCUT2D eigenvalue weighted by Gasteiger charge is 2.32. The molecule has 0 saturated carbocycles. The Hall–Kier alpha value is -1.44. The summed E-state index contributed by atoms with van der Waals surface area (Å²) in [7, 11) is 0. The van der Waals surface area contributed by atoms with Gasteiger partial charge in [-0.2, -0.15) is 13.2 Å². The maximum absolute atomic E-state index is 12.6. The van der Waals surface area contributed by atoms with Crippen molar-refractivity contribution in [2.24, 2.45) is 5.73 Å². The van der Waals surface area contributed by atoms with Crippen molar-refractivity contribution in [2.45, 2.75) is 24.8 Å². The Balaban J connectivity index is 3.16. The number of hydrogen-bond acceptors (Lipinski definition) is 4. The van der Waals surface area contributed by atoms with Crippen LogP contribution in [-0.4, -0.2) is 29.1 Å². The Kier molecular flexibility index (Phi) is 5.04. The molecule has 4 nitrogen and oxygen atoms in total. The monoisotopic (exact) mass is 277 g/mol. The maximum atomic E-state index is 12.6. The van der Waals surface area contributed by atoms with E-state index in [2.05, 4.69) is 0 Å². The fourth-order valence-electron chi connectivity index (χ4n) is 1.63. The third kappa shape index (κ3) is 4.02. The fourth-order valence-corrected chi connectivity index (χ4v) is 1.63. The van der Waals surface area contributed by atoms with Crippen molar-refractivity contribution in [1.82, 2.24) is 0 Å². The Morgan fingerprint density at radius 3 is 2.37 bits per heavy atom. The predicted molar refractivity (Wildman–Crippen MR) is 61.5 cm³/mol. The number of carbonyl (C=O) groups excluding carboxylic acids is 1. The molecule has 0 bridgehead atoms. The summed E-state index contributed by atoms with van der Waals surface area (Å²) < 4.78 is 37.9. The highest BCUT2D eigenvalue weighted by atomic mass is 19.4. The maximum Gasteiger partial charge on any atom is 0.416 e. The molecule has 0 fully saturated rings. The van der Waals surface area contributed by atoms with Gasteiger partial charge in [-0.25, -0.2) is 0 Å². The van der Waals surface area contributed by atoms with Gasteiger partial charge in [0.15, 0.2) is 0 Å². The molecule has 2 atom stereocenters. The van der Waals surface area contributed by atoms with Crippen molar-refractivity contribution >= 4 is 6.29 Å². The molecule has 106 valence electrons. The molecule has 4 N–H and O–H groups in total. The van der Waals surface area contributed by atoms with Crippen LogP contribution in [0.1, 0.15) is 34.0 Å². The first kappa shape index (κ1) is 15.6. The van der Waals surface area contributed by atoms with Crippen molar-refractivity contribution in [1.29, 1.82) is 0 Å². The molecule has 0 amide bonds. The van der Waals surface area contributed by atoms with Gasteiger partial charge in [-0.1, -0.05) is 0 Å². The van der Waals surface area contributed by atoms with E-state index in [9.17, 15) is 28.2 Å². The second-order valence-corrected chi connectivity index (χ2v) is 4.09. The summed E-state index contributed by atoms with van der Waals surface area (Å²) in [6.45, 7) is 0.0811. The van der Waals surface area contributed by atoms with Crippen LogP contribution in [0.2, 0.25) is 0 Å². The average Bonchev–Trinajstić information content (AvgIpc) is 2.36. The zero-order valence-electron chi connectivity index (χ0n) is 9.89. The number of aliphatic hydroxyl groups excluding tert-OH is 2. The van der Waals surface area contributed by atoms with Gasteiger partial charge < -0.3 is 15.9 Å². The molecule has 0 saturated heterocycles. The minimum Gasteiger partial charge on any atom is -0.390 e. The molecule has 0 spiro atoms. The molecule has 0 heterocycles. The number of hydrogen-bond donors (Lipinski definition) is 3. The van der Waals surface area contributed by atoms with E-state index in [-0.39, 0.29) is 30.4 Å². The lowest BCUT2D eigenvalue weighted by molar-refractivity contribution is -0.137. The van der Waals surface area contributed by atoms with E-state index >= 15 is 0 Å². The minimum atomic E-state index is -4.63. The van der Waals surface area contributed by atoms with E-state index in [0.29, 0.717) is 12.1 Å². The van der Waals surface area contributed by atoms with Crippen LogP contribution in [0, 0.1) is 0 Å². The standard InChI is InChI=1S/C12H14F3NO3/c13-12(14,15)9-4-7(6-17)3-8(5-9)11(19)10(18)1-2-16/h3-6,10-11,18-19H,1-2,16H2. The zero-order chi connectivity index (χ0) is 14.6. The van der Waals surface area contributed by atoms with Gasteiger partial charge in [-0.15, -0.1) is 0 Å². The summed E-state index contributed by atoms with van der Waals surface area (Å²) in [5.41, 5.74) is 3.76. The lowest BCUT2D eigenvalue weighted by Crippen LogP contribution is -2.22. The van der Waals surface area contributed by atoms with Gasteiger partial charge >= 0.3 is 6.18 Å². The second-order valence-electron chi connectivity index (χ2n) is 4.09. The molecular formula is C12H14F3NO3. The lowest BCUT2D eigenvalue weighted by Gasteiger charge is -2.19. The van der Waals surface area contributed by atoms with Gasteiger partial charge in [0.1, 0.15) is 12.4 Å². The summed E-state index contributed by atoms with van der Waals surface area (Å²) in [6, 6.07) is 2.49. The first-order valence-corrected chi connectivity index (χ1v) is 5.53. The topological polar surface area (TPSA) is 83.6 Å². The smallest absolute Gasteiger partial charge is 0.390 e. The van der Waals surface area contributed by atoms with Crippen molar-refractivity contribution in [3.8, 4) is 0 Å². The Morgan fingerprint density at radius 2 is 1.89 bits per heavy atom. The summed E-state index contributed by atoms with van der Waals surface area (Å²) >= 11 is 0. The van der Waals surface area contributed by atoms with Crippen molar-refractivity contribution in [3.05, 3.63) is 34.9 Å². The number of nitrogens with two attached hydrogens (primary N) is 1. The molecular weight excluding hydrogens is 263 g/mol. The van der Waals surface area contributed by atoms with Crippen LogP contribution in [0.25, 0.3) is 0 Å². The van der Waals surface area contributed by atoms with E-state index in [1.807, 2.05) is 0 Å². The molecule has 7 heteroatoms. The number of halogens is 3. The van der Waals surface area contributed by atoms with Crippen LogP contribution in [0.4, 0.5) is 13.2 Å². The van der Waals surface area contributed by atoms with Crippen LogP contribution in [0.3, 0.4) is 0 Å². The van der Waals surface area contributed by atoms with E-state index in [1.165, 1.54) is 0 Å². The average molecular weight is 277 g/mol. The fraction of sp³-hybridized carbons (Fsp3) is 0.417. The van der Waals surface area contributed by atoms with Crippen molar-refractivity contribution in [3.63, 3.8) is 0 Å². The summed E-state index contributed by atoms with van der Waals surface area (Å²) in [4.78, 5) is 10.6. The molecule has 0 aromatic heterocycles. The summed E-state index contributed by atoms with van der Waals surface area (Å²) in [5.74, 6) is 0. The molecule has 2 unspecified atom stereocenters. The van der Waals surface area contributed by atoms with E-state index < -0.39 is 23.9 Å². The van der Waals surface area contributed by atoms with Gasteiger partial charge in [-0.3, -0.25) is 4.79 Å². The number of rotatable bonds is 5. The molecule has 0 radical (unpaired) electrons. The van der Waals surface area contributed by atoms with Gasteiger partial charge in [0.2, 0.25) is 0 Å². The van der Waals surface area contributed by atoms with E-state index in [0.717, 1.165) is 6.07 Å². The Morgan fingerprint density at radius 1 is 1.26 bits per heavy atom. The number of benzene rings is 1. The normalized spacial score (nSPS) is 15.1. The lowest BCUT2D eigenvalue weighted by atomic mass is 9.97. The Bertz CT molecular complexity index is 448. The first-order valence-electron chi connectivity index (χ1n) is 5.53. The highest BCUT2D eigenvalue weighted by Crippen LogP contribution is 2.32.